The van der Waals surface area contributed by atoms with Crippen LogP contribution in [0, 0.1) is 0 Å². The zero-order valence-corrected chi connectivity index (χ0v) is 5.90. The second-order valence-corrected chi connectivity index (χ2v) is 1.89. The van der Waals surface area contributed by atoms with Crippen molar-refractivity contribution < 1.29 is 4.79 Å². The summed E-state index contributed by atoms with van der Waals surface area (Å²) in [5.41, 5.74) is 3.55. The number of hydrogen-bond acceptors (Lipinski definition) is 3. The smallest absolute Gasteiger partial charge is 0.162 e. The Morgan fingerprint density at radius 3 is 2.64 bits per heavy atom. The third-order valence-electron chi connectivity index (χ3n) is 1.10. The summed E-state index contributed by atoms with van der Waals surface area (Å²) in [4.78, 5) is 9.81. The Labute approximate surface area is 64.7 Å². The van der Waals surface area contributed by atoms with Crippen molar-refractivity contribution in [1.82, 2.24) is 0 Å². The number of carbonyl (C=O) groups is 1. The summed E-state index contributed by atoms with van der Waals surface area (Å²) in [5, 5.41) is 3.62. The Hall–Kier alpha value is -1.64. The first kappa shape index (κ1) is 7.47. The molecule has 0 heterocycles. The molecule has 0 atom stereocenters. The minimum atomic E-state index is 0.621. The van der Waals surface area contributed by atoms with Crippen LogP contribution in [0.5, 0.6) is 0 Å². The van der Waals surface area contributed by atoms with E-state index in [2.05, 4.69) is 10.5 Å². The molecule has 11 heavy (non-hydrogen) atoms. The van der Waals surface area contributed by atoms with E-state index in [0.29, 0.717) is 6.29 Å². The van der Waals surface area contributed by atoms with E-state index in [4.69, 9.17) is 0 Å². The van der Waals surface area contributed by atoms with Crippen molar-refractivity contribution >= 4 is 18.2 Å². The van der Waals surface area contributed by atoms with Crippen molar-refractivity contribution in [2.75, 3.05) is 5.43 Å². The van der Waals surface area contributed by atoms with Gasteiger partial charge >= 0.3 is 0 Å². The summed E-state index contributed by atoms with van der Waals surface area (Å²) in [5.74, 6) is 0. The number of aldehydes is 1. The Balaban J connectivity index is 2.51. The van der Waals surface area contributed by atoms with Crippen LogP contribution in [-0.4, -0.2) is 12.5 Å². The highest BCUT2D eigenvalue weighted by Gasteiger charge is 1.82. The van der Waals surface area contributed by atoms with E-state index in [9.17, 15) is 4.79 Å². The first-order valence-electron chi connectivity index (χ1n) is 3.21. The van der Waals surface area contributed by atoms with Crippen LogP contribution in [0.4, 0.5) is 5.69 Å². The fourth-order valence-electron chi connectivity index (χ4n) is 0.655. The second kappa shape index (κ2) is 4.22. The SMILES string of the molecule is O=C/C=N/Nc1ccccc1. The van der Waals surface area contributed by atoms with Crippen LogP contribution in [0.25, 0.3) is 0 Å². The van der Waals surface area contributed by atoms with E-state index in [0.717, 1.165) is 11.9 Å². The van der Waals surface area contributed by atoms with Crippen LogP contribution < -0.4 is 5.43 Å². The van der Waals surface area contributed by atoms with Crippen molar-refractivity contribution in [2.45, 2.75) is 0 Å². The van der Waals surface area contributed by atoms with Crippen LogP contribution >= 0.6 is 0 Å². The fourth-order valence-corrected chi connectivity index (χ4v) is 0.655. The van der Waals surface area contributed by atoms with E-state index in [1.54, 1.807) is 0 Å². The van der Waals surface area contributed by atoms with E-state index in [1.165, 1.54) is 0 Å². The Morgan fingerprint density at radius 1 is 1.27 bits per heavy atom. The van der Waals surface area contributed by atoms with Gasteiger partial charge in [-0.3, -0.25) is 10.2 Å². The minimum Gasteiger partial charge on any atom is -0.297 e. The van der Waals surface area contributed by atoms with Crippen molar-refractivity contribution in [2.24, 2.45) is 5.10 Å². The van der Waals surface area contributed by atoms with Gasteiger partial charge in [0.25, 0.3) is 0 Å². The highest BCUT2D eigenvalue weighted by molar-refractivity contribution is 6.13. The van der Waals surface area contributed by atoms with Gasteiger partial charge in [0, 0.05) is 0 Å². The second-order valence-electron chi connectivity index (χ2n) is 1.89. The van der Waals surface area contributed by atoms with Gasteiger partial charge in [-0.2, -0.15) is 5.10 Å². The number of nitrogens with one attached hydrogen (secondary N) is 1. The maximum atomic E-state index is 9.81. The zero-order chi connectivity index (χ0) is 7.94. The lowest BCUT2D eigenvalue weighted by Crippen LogP contribution is -1.88. The molecule has 3 heteroatoms. The maximum Gasteiger partial charge on any atom is 0.162 e. The molecule has 1 N–H and O–H groups in total. The molecule has 1 rings (SSSR count). The van der Waals surface area contributed by atoms with Gasteiger partial charge in [0.2, 0.25) is 0 Å². The number of hydrogen-bond donors (Lipinski definition) is 1. The first-order valence-corrected chi connectivity index (χ1v) is 3.21. The molecule has 0 aliphatic rings. The van der Waals surface area contributed by atoms with Gasteiger partial charge < -0.3 is 0 Å². The topological polar surface area (TPSA) is 41.5 Å². The summed E-state index contributed by atoms with van der Waals surface area (Å²) in [6.07, 6.45) is 1.78. The fraction of sp³-hybridized carbons (Fsp3) is 0. The minimum absolute atomic E-state index is 0.621. The van der Waals surface area contributed by atoms with Gasteiger partial charge in [0.1, 0.15) is 0 Å². The molecule has 1 aromatic carbocycles. The number of rotatable bonds is 3. The summed E-state index contributed by atoms with van der Waals surface area (Å²) >= 11 is 0. The molecular weight excluding hydrogens is 140 g/mol. The molecule has 0 saturated heterocycles. The Kier molecular flexibility index (Phi) is 2.86. The van der Waals surface area contributed by atoms with Crippen LogP contribution in [0.2, 0.25) is 0 Å². The third kappa shape index (κ3) is 2.62. The number of nitrogens with zero attached hydrogens (tertiary/aromatic N) is 1. The monoisotopic (exact) mass is 148 g/mol. The van der Waals surface area contributed by atoms with Crippen LogP contribution in [0.15, 0.2) is 35.4 Å². The van der Waals surface area contributed by atoms with Crippen molar-refractivity contribution in [3.05, 3.63) is 30.3 Å². The van der Waals surface area contributed by atoms with E-state index >= 15 is 0 Å². The number of anilines is 1. The summed E-state index contributed by atoms with van der Waals surface area (Å²) in [7, 11) is 0. The molecule has 0 aromatic heterocycles. The molecule has 0 saturated carbocycles. The number of hydrazone groups is 1. The summed E-state index contributed by atoms with van der Waals surface area (Å²) in [6.45, 7) is 0. The number of benzene rings is 1. The lowest BCUT2D eigenvalue weighted by molar-refractivity contribution is -0.102. The highest BCUT2D eigenvalue weighted by atomic mass is 16.1. The van der Waals surface area contributed by atoms with Crippen LogP contribution in [0.1, 0.15) is 0 Å². The molecule has 0 aliphatic carbocycles. The van der Waals surface area contributed by atoms with E-state index in [1.807, 2.05) is 30.3 Å². The van der Waals surface area contributed by atoms with Crippen LogP contribution in [-0.2, 0) is 4.79 Å². The predicted octanol–water partition coefficient (Wildman–Crippen LogP) is 1.28. The van der Waals surface area contributed by atoms with Gasteiger partial charge in [0.05, 0.1) is 11.9 Å². The van der Waals surface area contributed by atoms with Gasteiger partial charge in [-0.05, 0) is 12.1 Å². The average Bonchev–Trinajstić information content (AvgIpc) is 2.07. The largest absolute Gasteiger partial charge is 0.297 e. The molecule has 56 valence electrons. The molecule has 0 amide bonds. The zero-order valence-electron chi connectivity index (χ0n) is 5.90. The lowest BCUT2D eigenvalue weighted by atomic mass is 10.3. The summed E-state index contributed by atoms with van der Waals surface area (Å²) < 4.78 is 0. The van der Waals surface area contributed by atoms with Crippen molar-refractivity contribution in [1.29, 1.82) is 0 Å². The molecule has 0 unspecified atom stereocenters. The molecule has 0 spiro atoms. The molecule has 1 aromatic rings. The van der Waals surface area contributed by atoms with E-state index < -0.39 is 0 Å². The van der Waals surface area contributed by atoms with Gasteiger partial charge in [-0.15, -0.1) is 0 Å². The summed E-state index contributed by atoms with van der Waals surface area (Å²) in [6, 6.07) is 9.41. The molecule has 0 bridgehead atoms. The van der Waals surface area contributed by atoms with Gasteiger partial charge in [-0.1, -0.05) is 18.2 Å². The van der Waals surface area contributed by atoms with Crippen molar-refractivity contribution in [3.63, 3.8) is 0 Å². The average molecular weight is 148 g/mol. The van der Waals surface area contributed by atoms with Gasteiger partial charge in [-0.25, -0.2) is 0 Å². The molecule has 0 radical (unpaired) electrons. The maximum absolute atomic E-state index is 9.81. The highest BCUT2D eigenvalue weighted by Crippen LogP contribution is 2.03. The standard InChI is InChI=1S/C8H8N2O/c11-7-6-9-10-8-4-2-1-3-5-8/h1-7,10H/b9-6+. The quantitative estimate of drug-likeness (QED) is 0.398. The molecular formula is C8H8N2O. The third-order valence-corrected chi connectivity index (χ3v) is 1.10. The normalized spacial score (nSPS) is 9.82. The lowest BCUT2D eigenvalue weighted by Gasteiger charge is -1.95. The predicted molar refractivity (Wildman–Crippen MR) is 44.6 cm³/mol. The van der Waals surface area contributed by atoms with E-state index in [-0.39, 0.29) is 0 Å². The molecule has 0 aliphatic heterocycles. The Bertz CT molecular complexity index is 244. The van der Waals surface area contributed by atoms with Gasteiger partial charge in [0.15, 0.2) is 6.29 Å². The van der Waals surface area contributed by atoms with Crippen LogP contribution in [0.3, 0.4) is 0 Å². The number of carbonyl (C=O) groups excluding carboxylic acids is 1. The molecule has 3 nitrogen and oxygen atoms in total. The van der Waals surface area contributed by atoms with Crippen molar-refractivity contribution in [3.8, 4) is 0 Å². The first-order chi connectivity index (χ1) is 5.43. The molecule has 0 fully saturated rings. The Morgan fingerprint density at radius 2 is 2.00 bits per heavy atom. The number of para-hydroxylation sites is 1.